The molecule has 6 heteroatoms. The van der Waals surface area contributed by atoms with Gasteiger partial charge in [0.2, 0.25) is 5.01 Å². The highest BCUT2D eigenvalue weighted by Crippen LogP contribution is 2.27. The van der Waals surface area contributed by atoms with Crippen molar-refractivity contribution in [2.75, 3.05) is 20.2 Å². The Morgan fingerprint density at radius 2 is 2.20 bits per heavy atom. The van der Waals surface area contributed by atoms with E-state index in [1.54, 1.807) is 0 Å². The molecular weight excluding hydrogens is 214 g/mol. The van der Waals surface area contributed by atoms with Gasteiger partial charge in [-0.05, 0) is 25.9 Å². The number of carbonyl (C=O) groups is 1. The minimum Gasteiger partial charge on any atom is -0.464 e. The number of nitrogens with one attached hydrogen (secondary N) is 1. The quantitative estimate of drug-likeness (QED) is 0.757. The molecule has 15 heavy (non-hydrogen) atoms. The summed E-state index contributed by atoms with van der Waals surface area (Å²) in [7, 11) is 1.36. The third-order valence-corrected chi connectivity index (χ3v) is 3.55. The van der Waals surface area contributed by atoms with Crippen molar-refractivity contribution in [3.8, 4) is 0 Å². The topological polar surface area (TPSA) is 64.1 Å². The van der Waals surface area contributed by atoms with Crippen LogP contribution in [0.2, 0.25) is 0 Å². The fourth-order valence-electron chi connectivity index (χ4n) is 1.64. The molecule has 0 spiro atoms. The molecule has 0 radical (unpaired) electrons. The number of rotatable bonds is 2. The van der Waals surface area contributed by atoms with Crippen LogP contribution in [-0.4, -0.2) is 36.4 Å². The molecule has 0 bridgehead atoms. The van der Waals surface area contributed by atoms with Gasteiger partial charge in [-0.1, -0.05) is 11.3 Å². The highest BCUT2D eigenvalue weighted by molar-refractivity contribution is 7.13. The maximum atomic E-state index is 11.2. The van der Waals surface area contributed by atoms with Gasteiger partial charge in [-0.3, -0.25) is 0 Å². The number of nitrogens with zero attached hydrogens (tertiary/aromatic N) is 2. The summed E-state index contributed by atoms with van der Waals surface area (Å²) in [4.78, 5) is 11.2. The van der Waals surface area contributed by atoms with Crippen LogP contribution in [0, 0.1) is 0 Å². The van der Waals surface area contributed by atoms with Gasteiger partial charge in [-0.15, -0.1) is 10.2 Å². The zero-order valence-corrected chi connectivity index (χ0v) is 9.34. The van der Waals surface area contributed by atoms with Crippen molar-refractivity contribution in [1.82, 2.24) is 15.5 Å². The molecule has 1 saturated heterocycles. The lowest BCUT2D eigenvalue weighted by Gasteiger charge is -2.19. The summed E-state index contributed by atoms with van der Waals surface area (Å²) >= 11 is 1.35. The van der Waals surface area contributed by atoms with E-state index in [0.29, 0.717) is 10.9 Å². The van der Waals surface area contributed by atoms with Crippen molar-refractivity contribution in [1.29, 1.82) is 0 Å². The van der Waals surface area contributed by atoms with Gasteiger partial charge in [0.1, 0.15) is 5.01 Å². The second kappa shape index (κ2) is 4.67. The summed E-state index contributed by atoms with van der Waals surface area (Å²) in [5.41, 5.74) is 0. The molecule has 0 unspecified atom stereocenters. The van der Waals surface area contributed by atoms with Gasteiger partial charge in [0.05, 0.1) is 7.11 Å². The van der Waals surface area contributed by atoms with E-state index in [2.05, 4.69) is 20.3 Å². The monoisotopic (exact) mass is 227 g/mol. The van der Waals surface area contributed by atoms with Crippen LogP contribution in [-0.2, 0) is 4.74 Å². The third-order valence-electron chi connectivity index (χ3n) is 2.49. The SMILES string of the molecule is COC(=O)c1nnc(C2CCNCC2)s1. The number of ether oxygens (including phenoxy) is 1. The maximum absolute atomic E-state index is 11.2. The van der Waals surface area contributed by atoms with Crippen molar-refractivity contribution in [2.45, 2.75) is 18.8 Å². The number of esters is 1. The van der Waals surface area contributed by atoms with Gasteiger partial charge in [0, 0.05) is 5.92 Å². The van der Waals surface area contributed by atoms with E-state index < -0.39 is 5.97 Å². The first kappa shape index (κ1) is 10.5. The van der Waals surface area contributed by atoms with Crippen LogP contribution in [0.3, 0.4) is 0 Å². The second-order valence-electron chi connectivity index (χ2n) is 3.46. The molecule has 1 N–H and O–H groups in total. The Labute approximate surface area is 91.9 Å². The summed E-state index contributed by atoms with van der Waals surface area (Å²) in [6.07, 6.45) is 2.13. The Balaban J connectivity index is 2.08. The van der Waals surface area contributed by atoms with Crippen molar-refractivity contribution in [3.63, 3.8) is 0 Å². The van der Waals surface area contributed by atoms with Crippen LogP contribution in [0.25, 0.3) is 0 Å². The Morgan fingerprint density at radius 3 is 2.87 bits per heavy atom. The molecule has 0 aromatic carbocycles. The fourth-order valence-corrected chi connectivity index (χ4v) is 2.57. The minimum absolute atomic E-state index is 0.353. The molecule has 0 saturated carbocycles. The van der Waals surface area contributed by atoms with Crippen LogP contribution in [0.1, 0.15) is 33.6 Å². The summed E-state index contributed by atoms with van der Waals surface area (Å²) in [6.45, 7) is 2.02. The Bertz CT molecular complexity index is 347. The number of methoxy groups -OCH3 is 1. The van der Waals surface area contributed by atoms with Gasteiger partial charge in [-0.25, -0.2) is 4.79 Å². The van der Waals surface area contributed by atoms with Crippen LogP contribution in [0.4, 0.5) is 0 Å². The first-order valence-electron chi connectivity index (χ1n) is 4.93. The highest BCUT2D eigenvalue weighted by Gasteiger charge is 2.21. The molecule has 1 aromatic rings. The van der Waals surface area contributed by atoms with Crippen LogP contribution >= 0.6 is 11.3 Å². The first-order chi connectivity index (χ1) is 7.31. The van der Waals surface area contributed by atoms with E-state index in [0.717, 1.165) is 30.9 Å². The molecule has 0 amide bonds. The average Bonchev–Trinajstić information content (AvgIpc) is 2.78. The summed E-state index contributed by atoms with van der Waals surface area (Å²) in [5, 5.41) is 12.5. The van der Waals surface area contributed by atoms with Gasteiger partial charge in [0.15, 0.2) is 0 Å². The zero-order chi connectivity index (χ0) is 10.7. The predicted octanol–water partition coefficient (Wildman–Crippen LogP) is 0.792. The smallest absolute Gasteiger partial charge is 0.369 e. The van der Waals surface area contributed by atoms with Crippen molar-refractivity contribution < 1.29 is 9.53 Å². The molecule has 1 aliphatic heterocycles. The molecule has 82 valence electrons. The van der Waals surface area contributed by atoms with Gasteiger partial charge in [-0.2, -0.15) is 0 Å². The van der Waals surface area contributed by atoms with E-state index in [-0.39, 0.29) is 0 Å². The van der Waals surface area contributed by atoms with Crippen molar-refractivity contribution >= 4 is 17.3 Å². The number of carbonyl (C=O) groups excluding carboxylic acids is 1. The number of hydrogen-bond donors (Lipinski definition) is 1. The van der Waals surface area contributed by atoms with Gasteiger partial charge >= 0.3 is 5.97 Å². The Kier molecular flexibility index (Phi) is 3.27. The standard InChI is InChI=1S/C9H13N3O2S/c1-14-9(13)8-12-11-7(15-8)6-2-4-10-5-3-6/h6,10H,2-5H2,1H3. The average molecular weight is 227 g/mol. The first-order valence-corrected chi connectivity index (χ1v) is 5.75. The summed E-state index contributed by atoms with van der Waals surface area (Å²) in [6, 6.07) is 0. The normalized spacial score (nSPS) is 17.7. The fraction of sp³-hybridized carbons (Fsp3) is 0.667. The lowest BCUT2D eigenvalue weighted by atomic mass is 9.99. The molecule has 0 aliphatic carbocycles. The van der Waals surface area contributed by atoms with Crippen LogP contribution in [0.15, 0.2) is 0 Å². The third kappa shape index (κ3) is 2.32. The second-order valence-corrected chi connectivity index (χ2v) is 4.47. The Morgan fingerprint density at radius 1 is 1.47 bits per heavy atom. The molecule has 1 fully saturated rings. The number of hydrogen-bond acceptors (Lipinski definition) is 6. The minimum atomic E-state index is -0.396. The summed E-state index contributed by atoms with van der Waals surface area (Å²) < 4.78 is 4.59. The maximum Gasteiger partial charge on any atom is 0.369 e. The predicted molar refractivity (Wildman–Crippen MR) is 56.1 cm³/mol. The van der Waals surface area contributed by atoms with E-state index in [1.807, 2.05) is 0 Å². The molecule has 2 heterocycles. The van der Waals surface area contributed by atoms with Crippen LogP contribution < -0.4 is 5.32 Å². The Hall–Kier alpha value is -1.01. The highest BCUT2D eigenvalue weighted by atomic mass is 32.1. The van der Waals surface area contributed by atoms with Gasteiger partial charge in [0.25, 0.3) is 0 Å². The molecule has 1 aromatic heterocycles. The van der Waals surface area contributed by atoms with E-state index in [9.17, 15) is 4.79 Å². The van der Waals surface area contributed by atoms with Crippen molar-refractivity contribution in [2.24, 2.45) is 0 Å². The zero-order valence-electron chi connectivity index (χ0n) is 8.52. The van der Waals surface area contributed by atoms with E-state index in [4.69, 9.17) is 0 Å². The molecule has 0 atom stereocenters. The van der Waals surface area contributed by atoms with Crippen LogP contribution in [0.5, 0.6) is 0 Å². The molecule has 1 aliphatic rings. The van der Waals surface area contributed by atoms with E-state index in [1.165, 1.54) is 18.4 Å². The molecular formula is C9H13N3O2S. The van der Waals surface area contributed by atoms with E-state index >= 15 is 0 Å². The van der Waals surface area contributed by atoms with Gasteiger partial charge < -0.3 is 10.1 Å². The number of piperidine rings is 1. The lowest BCUT2D eigenvalue weighted by molar-refractivity contribution is 0.0599. The molecule has 5 nitrogen and oxygen atoms in total. The van der Waals surface area contributed by atoms with Crippen molar-refractivity contribution in [3.05, 3.63) is 10.0 Å². The lowest BCUT2D eigenvalue weighted by Crippen LogP contribution is -2.26. The molecule has 2 rings (SSSR count). The largest absolute Gasteiger partial charge is 0.464 e. The number of aromatic nitrogens is 2. The summed E-state index contributed by atoms with van der Waals surface area (Å²) in [5.74, 6) is 0.0508.